The lowest BCUT2D eigenvalue weighted by Crippen LogP contribution is -2.33. The Bertz CT molecular complexity index is 2400. The summed E-state index contributed by atoms with van der Waals surface area (Å²) in [4.78, 5) is 2.67. The Morgan fingerprint density at radius 3 is 2.08 bits per heavy atom. The van der Waals surface area contributed by atoms with E-state index in [0.29, 0.717) is 0 Å². The molecule has 7 aromatic rings. The van der Waals surface area contributed by atoms with Gasteiger partial charge in [0.15, 0.2) is 0 Å². The highest BCUT2D eigenvalue weighted by atomic mass is 15.2. The Kier molecular flexibility index (Phi) is 2.81. The molecule has 12 rings (SSSR count). The number of para-hydroxylation sites is 2. The second kappa shape index (κ2) is 5.90. The Morgan fingerprint density at radius 2 is 1.12 bits per heavy atom. The average molecular weight is 505 g/mol. The fraction of sp³-hybridized carbons (Fsp3) is 0.0526. The number of fused-ring (bicyclic) bond motifs is 10. The van der Waals surface area contributed by atoms with Crippen molar-refractivity contribution in [1.29, 1.82) is 0 Å². The van der Waals surface area contributed by atoms with Crippen molar-refractivity contribution in [2.75, 3.05) is 4.90 Å². The van der Waals surface area contributed by atoms with E-state index in [0.717, 1.165) is 0 Å². The highest BCUT2D eigenvalue weighted by molar-refractivity contribution is 6.22. The summed E-state index contributed by atoms with van der Waals surface area (Å²) in [7, 11) is 0. The zero-order chi connectivity index (χ0) is 25.4. The van der Waals surface area contributed by atoms with Crippen LogP contribution in [0.5, 0.6) is 0 Å². The molecular formula is C38H20N2. The van der Waals surface area contributed by atoms with E-state index < -0.39 is 0 Å². The normalized spacial score (nSPS) is 18.4. The SMILES string of the molecule is c1ccc2c(c1)-c1cccc3c4ccc5c6c4n(c13)C2c1ccc2c(c1-6)C1c3c(cccc3-2)-c2ccccc2N51. The summed E-state index contributed by atoms with van der Waals surface area (Å²) in [5.41, 5.74) is 22.5. The van der Waals surface area contributed by atoms with Gasteiger partial charge in [-0.25, -0.2) is 0 Å². The smallest absolute Gasteiger partial charge is 0.0869 e. The number of nitrogens with zero attached hydrogens (tertiary/aromatic N) is 2. The predicted octanol–water partition coefficient (Wildman–Crippen LogP) is 9.59. The second-order valence-electron chi connectivity index (χ2n) is 12.0. The standard InChI is InChI=1S/C38H20N2/c1-2-9-24-19(7-1)25-12-6-13-26-27-17-18-30-34-32-28(36(24)40(35(25)26)37(27)34)16-15-23-22-11-5-10-21-20-8-3-4-14-29(20)39(30)38(31(21)22)33(23)32/h1-18,36,38H. The van der Waals surface area contributed by atoms with Gasteiger partial charge in [0, 0.05) is 33.2 Å². The van der Waals surface area contributed by atoms with Gasteiger partial charge in [-0.3, -0.25) is 0 Å². The van der Waals surface area contributed by atoms with Gasteiger partial charge in [0.25, 0.3) is 0 Å². The molecule has 5 aliphatic rings. The zero-order valence-electron chi connectivity index (χ0n) is 21.4. The zero-order valence-corrected chi connectivity index (χ0v) is 21.4. The van der Waals surface area contributed by atoms with Crippen molar-refractivity contribution in [3.63, 3.8) is 0 Å². The molecule has 0 N–H and O–H groups in total. The third kappa shape index (κ3) is 1.74. The van der Waals surface area contributed by atoms with Crippen LogP contribution in [-0.4, -0.2) is 4.57 Å². The first kappa shape index (κ1) is 19.1. The fourth-order valence-corrected chi connectivity index (χ4v) is 9.24. The van der Waals surface area contributed by atoms with Crippen LogP contribution in [0.4, 0.5) is 11.4 Å². The molecule has 6 aromatic carbocycles. The Morgan fingerprint density at radius 1 is 0.400 bits per heavy atom. The monoisotopic (exact) mass is 504 g/mol. The van der Waals surface area contributed by atoms with E-state index in [4.69, 9.17) is 0 Å². The van der Waals surface area contributed by atoms with Gasteiger partial charge >= 0.3 is 0 Å². The number of hydrogen-bond acceptors (Lipinski definition) is 1. The molecule has 2 heteroatoms. The lowest BCUT2D eigenvalue weighted by atomic mass is 9.75. The molecule has 0 saturated carbocycles. The van der Waals surface area contributed by atoms with Gasteiger partial charge in [0.05, 0.1) is 28.8 Å². The van der Waals surface area contributed by atoms with Crippen molar-refractivity contribution in [2.24, 2.45) is 0 Å². The fourth-order valence-electron chi connectivity index (χ4n) is 9.24. The molecular weight excluding hydrogens is 484 g/mol. The molecule has 0 amide bonds. The van der Waals surface area contributed by atoms with Gasteiger partial charge in [-0.05, 0) is 62.2 Å². The van der Waals surface area contributed by atoms with Crippen molar-refractivity contribution in [3.05, 3.63) is 131 Å². The molecule has 1 aliphatic carbocycles. The van der Waals surface area contributed by atoms with E-state index in [1.165, 1.54) is 99.9 Å². The van der Waals surface area contributed by atoms with Crippen LogP contribution in [0.2, 0.25) is 0 Å². The van der Waals surface area contributed by atoms with Crippen molar-refractivity contribution < 1.29 is 0 Å². The maximum absolute atomic E-state index is 2.69. The van der Waals surface area contributed by atoms with E-state index in [1.54, 1.807) is 0 Å². The maximum Gasteiger partial charge on any atom is 0.0869 e. The van der Waals surface area contributed by atoms with Crippen molar-refractivity contribution >= 4 is 33.2 Å². The van der Waals surface area contributed by atoms with Gasteiger partial charge in [-0.1, -0.05) is 97.1 Å². The third-order valence-electron chi connectivity index (χ3n) is 10.5. The minimum absolute atomic E-state index is 0.180. The van der Waals surface area contributed by atoms with Crippen molar-refractivity contribution in [2.45, 2.75) is 12.1 Å². The topological polar surface area (TPSA) is 8.17 Å². The number of aromatic nitrogens is 1. The lowest BCUT2D eigenvalue weighted by Gasteiger charge is -2.46. The van der Waals surface area contributed by atoms with Gasteiger partial charge in [0.2, 0.25) is 0 Å². The van der Waals surface area contributed by atoms with E-state index in [2.05, 4.69) is 119 Å². The number of hydrogen-bond donors (Lipinski definition) is 0. The van der Waals surface area contributed by atoms with E-state index in [9.17, 15) is 0 Å². The minimum atomic E-state index is 0.180. The van der Waals surface area contributed by atoms with Crippen LogP contribution in [0.25, 0.3) is 66.3 Å². The van der Waals surface area contributed by atoms with Crippen LogP contribution in [0.3, 0.4) is 0 Å². The van der Waals surface area contributed by atoms with Crippen LogP contribution >= 0.6 is 0 Å². The van der Waals surface area contributed by atoms with Crippen LogP contribution in [0.1, 0.15) is 34.3 Å². The molecule has 2 nitrogen and oxygen atoms in total. The molecule has 1 aromatic heterocycles. The van der Waals surface area contributed by atoms with Crippen molar-refractivity contribution in [1.82, 2.24) is 4.57 Å². The minimum Gasteiger partial charge on any atom is -0.328 e. The summed E-state index contributed by atoms with van der Waals surface area (Å²) in [6, 6.07) is 42.1. The Balaban J connectivity index is 1.37. The predicted molar refractivity (Wildman–Crippen MR) is 162 cm³/mol. The first-order valence-corrected chi connectivity index (χ1v) is 14.3. The Hall–Kier alpha value is -5.08. The summed E-state index contributed by atoms with van der Waals surface area (Å²) >= 11 is 0. The van der Waals surface area contributed by atoms with Gasteiger partial charge in [-0.2, -0.15) is 0 Å². The van der Waals surface area contributed by atoms with Crippen molar-refractivity contribution in [3.8, 4) is 44.5 Å². The highest BCUT2D eigenvalue weighted by Crippen LogP contribution is 2.67. The van der Waals surface area contributed by atoms with Gasteiger partial charge in [0.1, 0.15) is 0 Å². The molecule has 0 radical (unpaired) electrons. The van der Waals surface area contributed by atoms with E-state index >= 15 is 0 Å². The molecule has 0 spiro atoms. The van der Waals surface area contributed by atoms with E-state index in [1.807, 2.05) is 0 Å². The molecule has 2 atom stereocenters. The molecule has 4 aliphatic heterocycles. The molecule has 0 saturated heterocycles. The lowest BCUT2D eigenvalue weighted by molar-refractivity contribution is 0.708. The van der Waals surface area contributed by atoms with Crippen LogP contribution in [0, 0.1) is 0 Å². The summed E-state index contributed by atoms with van der Waals surface area (Å²) in [6.07, 6.45) is 0. The Labute approximate surface area is 230 Å². The molecule has 0 fully saturated rings. The molecule has 40 heavy (non-hydrogen) atoms. The average Bonchev–Trinajstić information content (AvgIpc) is 3.54. The van der Waals surface area contributed by atoms with Gasteiger partial charge in [-0.15, -0.1) is 0 Å². The largest absolute Gasteiger partial charge is 0.328 e. The van der Waals surface area contributed by atoms with Gasteiger partial charge < -0.3 is 9.47 Å². The van der Waals surface area contributed by atoms with Crippen LogP contribution in [-0.2, 0) is 0 Å². The maximum atomic E-state index is 2.69. The third-order valence-corrected chi connectivity index (χ3v) is 10.5. The number of rotatable bonds is 0. The van der Waals surface area contributed by atoms with Crippen LogP contribution in [0.15, 0.2) is 109 Å². The quantitative estimate of drug-likeness (QED) is 0.200. The summed E-state index contributed by atoms with van der Waals surface area (Å²) in [5, 5.41) is 2.74. The summed E-state index contributed by atoms with van der Waals surface area (Å²) in [5.74, 6) is 0. The molecule has 0 bridgehead atoms. The first-order chi connectivity index (χ1) is 19.9. The van der Waals surface area contributed by atoms with Crippen LogP contribution < -0.4 is 4.90 Å². The summed E-state index contributed by atoms with van der Waals surface area (Å²) in [6.45, 7) is 0. The molecule has 2 unspecified atom stereocenters. The summed E-state index contributed by atoms with van der Waals surface area (Å²) < 4.78 is 2.69. The van der Waals surface area contributed by atoms with E-state index in [-0.39, 0.29) is 12.1 Å². The molecule has 5 heterocycles. The number of benzene rings is 6. The second-order valence-corrected chi connectivity index (χ2v) is 12.0. The first-order valence-electron chi connectivity index (χ1n) is 14.3. The highest BCUT2D eigenvalue weighted by Gasteiger charge is 2.49. The number of anilines is 2. The molecule has 182 valence electrons.